The van der Waals surface area contributed by atoms with Crippen molar-refractivity contribution in [3.63, 3.8) is 0 Å². The molecular weight excluding hydrogens is 210 g/mol. The molecule has 0 saturated carbocycles. The molecule has 0 aliphatic carbocycles. The fourth-order valence-electron chi connectivity index (χ4n) is 0.577. The van der Waals surface area contributed by atoms with Gasteiger partial charge in [0.15, 0.2) is 5.16 Å². The third-order valence-electron chi connectivity index (χ3n) is 1.21. The lowest BCUT2D eigenvalue weighted by Crippen LogP contribution is -2.19. The molecule has 0 atom stereocenters. The predicted molar refractivity (Wildman–Crippen MR) is 51.8 cm³/mol. The van der Waals surface area contributed by atoms with Gasteiger partial charge in [-0.15, -0.1) is 0 Å². The van der Waals surface area contributed by atoms with Crippen molar-refractivity contribution >= 4 is 29.3 Å². The van der Waals surface area contributed by atoms with Crippen LogP contribution in [-0.4, -0.2) is 28.7 Å². The summed E-state index contributed by atoms with van der Waals surface area (Å²) in [4.78, 5) is 18.7. The highest BCUT2D eigenvalue weighted by atomic mass is 35.5. The molecule has 1 rings (SSSR count). The van der Waals surface area contributed by atoms with Crippen molar-refractivity contribution in [3.8, 4) is 0 Å². The smallest absolute Gasteiger partial charge is 0.230 e. The molecule has 6 heteroatoms. The Morgan fingerprint density at radius 3 is 2.77 bits per heavy atom. The molecule has 1 aromatic rings. The van der Waals surface area contributed by atoms with Crippen LogP contribution in [0.15, 0.2) is 17.6 Å². The molecule has 13 heavy (non-hydrogen) atoms. The Bertz CT molecular complexity index is 290. The Labute approximate surface area is 85.1 Å². The summed E-state index contributed by atoms with van der Waals surface area (Å²) in [7, 11) is 1.59. The fraction of sp³-hybridized carbons (Fsp3) is 0.286. The van der Waals surface area contributed by atoms with Crippen LogP contribution in [0.3, 0.4) is 0 Å². The van der Waals surface area contributed by atoms with Gasteiger partial charge in [-0.3, -0.25) is 4.79 Å². The third kappa shape index (κ3) is 3.61. The summed E-state index contributed by atoms with van der Waals surface area (Å²) >= 11 is 6.86. The summed E-state index contributed by atoms with van der Waals surface area (Å²) in [6.45, 7) is 0. The SMILES string of the molecule is CNC(=O)CSc1ncc(Cl)cn1. The van der Waals surface area contributed by atoms with E-state index in [0.717, 1.165) is 0 Å². The molecule has 1 heterocycles. The van der Waals surface area contributed by atoms with Crippen LogP contribution < -0.4 is 5.32 Å². The Morgan fingerprint density at radius 2 is 2.23 bits per heavy atom. The Morgan fingerprint density at radius 1 is 1.62 bits per heavy atom. The lowest BCUT2D eigenvalue weighted by molar-refractivity contribution is -0.118. The van der Waals surface area contributed by atoms with E-state index in [-0.39, 0.29) is 5.91 Å². The van der Waals surface area contributed by atoms with Crippen LogP contribution in [0.2, 0.25) is 5.02 Å². The lowest BCUT2D eigenvalue weighted by Gasteiger charge is -1.98. The maximum Gasteiger partial charge on any atom is 0.230 e. The number of rotatable bonds is 3. The van der Waals surface area contributed by atoms with Gasteiger partial charge < -0.3 is 5.32 Å². The van der Waals surface area contributed by atoms with Crippen molar-refractivity contribution < 1.29 is 4.79 Å². The number of aromatic nitrogens is 2. The zero-order valence-corrected chi connectivity index (χ0v) is 8.52. The molecule has 1 aromatic heterocycles. The third-order valence-corrected chi connectivity index (χ3v) is 2.28. The largest absolute Gasteiger partial charge is 0.358 e. The van der Waals surface area contributed by atoms with Crippen molar-refractivity contribution in [3.05, 3.63) is 17.4 Å². The molecular formula is C7H8ClN3OS. The van der Waals surface area contributed by atoms with Gasteiger partial charge in [-0.05, 0) is 0 Å². The average molecular weight is 218 g/mol. The monoisotopic (exact) mass is 217 g/mol. The number of hydrogen-bond donors (Lipinski definition) is 1. The molecule has 0 spiro atoms. The van der Waals surface area contributed by atoms with Gasteiger partial charge in [0.25, 0.3) is 0 Å². The van der Waals surface area contributed by atoms with Gasteiger partial charge in [0.2, 0.25) is 5.91 Å². The number of halogens is 1. The molecule has 0 aromatic carbocycles. The number of carbonyl (C=O) groups is 1. The van der Waals surface area contributed by atoms with Gasteiger partial charge in [0, 0.05) is 7.05 Å². The van der Waals surface area contributed by atoms with Gasteiger partial charge >= 0.3 is 0 Å². The average Bonchev–Trinajstić information content (AvgIpc) is 2.16. The van der Waals surface area contributed by atoms with Gasteiger partial charge in [-0.2, -0.15) is 0 Å². The van der Waals surface area contributed by atoms with Crippen molar-refractivity contribution in [1.29, 1.82) is 0 Å². The molecule has 0 saturated heterocycles. The molecule has 0 aliphatic heterocycles. The zero-order valence-electron chi connectivity index (χ0n) is 6.95. The van der Waals surface area contributed by atoms with E-state index in [1.807, 2.05) is 0 Å². The fourth-order valence-corrected chi connectivity index (χ4v) is 1.33. The maximum atomic E-state index is 10.8. The van der Waals surface area contributed by atoms with Gasteiger partial charge in [-0.25, -0.2) is 9.97 Å². The number of carbonyl (C=O) groups excluding carboxylic acids is 1. The van der Waals surface area contributed by atoms with Gasteiger partial charge in [-0.1, -0.05) is 23.4 Å². The highest BCUT2D eigenvalue weighted by molar-refractivity contribution is 7.99. The topological polar surface area (TPSA) is 54.9 Å². The first-order chi connectivity index (χ1) is 6.22. The number of thioether (sulfide) groups is 1. The standard InChI is InChI=1S/C7H8ClN3OS/c1-9-6(12)4-13-7-10-2-5(8)3-11-7/h2-3H,4H2,1H3,(H,9,12). The van der Waals surface area contributed by atoms with Crippen LogP contribution in [0, 0.1) is 0 Å². The maximum absolute atomic E-state index is 10.8. The molecule has 70 valence electrons. The first kappa shape index (κ1) is 10.3. The van der Waals surface area contributed by atoms with Crippen LogP contribution in [0.1, 0.15) is 0 Å². The van der Waals surface area contributed by atoms with Crippen LogP contribution >= 0.6 is 23.4 Å². The Hall–Kier alpha value is -0.810. The molecule has 0 unspecified atom stereocenters. The number of nitrogens with zero attached hydrogens (tertiary/aromatic N) is 2. The van der Waals surface area contributed by atoms with Crippen molar-refractivity contribution in [2.45, 2.75) is 5.16 Å². The first-order valence-corrected chi connectivity index (χ1v) is 4.89. The minimum atomic E-state index is -0.0523. The second kappa shape index (κ2) is 5.04. The van der Waals surface area contributed by atoms with E-state index in [1.165, 1.54) is 24.2 Å². The Balaban J connectivity index is 2.46. The van der Waals surface area contributed by atoms with Crippen LogP contribution in [-0.2, 0) is 4.79 Å². The second-order valence-electron chi connectivity index (χ2n) is 2.15. The lowest BCUT2D eigenvalue weighted by atomic mass is 10.7. The number of amides is 1. The van der Waals surface area contributed by atoms with Crippen LogP contribution in [0.25, 0.3) is 0 Å². The highest BCUT2D eigenvalue weighted by Crippen LogP contribution is 2.12. The summed E-state index contributed by atoms with van der Waals surface area (Å²) in [6, 6.07) is 0. The molecule has 0 radical (unpaired) electrons. The summed E-state index contributed by atoms with van der Waals surface area (Å²) < 4.78 is 0. The molecule has 0 fully saturated rings. The summed E-state index contributed by atoms with van der Waals surface area (Å²) in [5, 5.41) is 3.54. The molecule has 4 nitrogen and oxygen atoms in total. The van der Waals surface area contributed by atoms with Crippen LogP contribution in [0.5, 0.6) is 0 Å². The van der Waals surface area contributed by atoms with E-state index >= 15 is 0 Å². The minimum absolute atomic E-state index is 0.0523. The van der Waals surface area contributed by atoms with E-state index in [0.29, 0.717) is 15.9 Å². The summed E-state index contributed by atoms with van der Waals surface area (Å²) in [6.07, 6.45) is 3.00. The summed E-state index contributed by atoms with van der Waals surface area (Å²) in [5.74, 6) is 0.265. The number of nitrogens with one attached hydrogen (secondary N) is 1. The quantitative estimate of drug-likeness (QED) is 0.606. The summed E-state index contributed by atoms with van der Waals surface area (Å²) in [5.41, 5.74) is 0. The molecule has 1 amide bonds. The van der Waals surface area contributed by atoms with E-state index in [4.69, 9.17) is 11.6 Å². The van der Waals surface area contributed by atoms with E-state index in [9.17, 15) is 4.79 Å². The van der Waals surface area contributed by atoms with Crippen LogP contribution in [0.4, 0.5) is 0 Å². The van der Waals surface area contributed by atoms with E-state index < -0.39 is 0 Å². The minimum Gasteiger partial charge on any atom is -0.358 e. The normalized spacial score (nSPS) is 9.69. The molecule has 1 N–H and O–H groups in total. The molecule has 0 bridgehead atoms. The van der Waals surface area contributed by atoms with E-state index in [1.54, 1.807) is 7.05 Å². The van der Waals surface area contributed by atoms with Crippen molar-refractivity contribution in [1.82, 2.24) is 15.3 Å². The van der Waals surface area contributed by atoms with Crippen molar-refractivity contribution in [2.24, 2.45) is 0 Å². The van der Waals surface area contributed by atoms with Crippen molar-refractivity contribution in [2.75, 3.05) is 12.8 Å². The van der Waals surface area contributed by atoms with Gasteiger partial charge in [0.05, 0.1) is 23.2 Å². The Kier molecular flexibility index (Phi) is 3.98. The zero-order chi connectivity index (χ0) is 9.68. The molecule has 0 aliphatic rings. The van der Waals surface area contributed by atoms with E-state index in [2.05, 4.69) is 15.3 Å². The van der Waals surface area contributed by atoms with Gasteiger partial charge in [0.1, 0.15) is 0 Å². The number of hydrogen-bond acceptors (Lipinski definition) is 4. The second-order valence-corrected chi connectivity index (χ2v) is 3.52. The predicted octanol–water partition coefficient (Wildman–Crippen LogP) is 0.968. The first-order valence-electron chi connectivity index (χ1n) is 3.53. The highest BCUT2D eigenvalue weighted by Gasteiger charge is 2.01.